The molecule has 0 aromatic heterocycles. The summed E-state index contributed by atoms with van der Waals surface area (Å²) < 4.78 is 10.5. The van der Waals surface area contributed by atoms with Gasteiger partial charge in [0.2, 0.25) is 5.91 Å². The van der Waals surface area contributed by atoms with E-state index in [-0.39, 0.29) is 17.7 Å². The molecule has 0 radical (unpaired) electrons. The number of hydrogen-bond donors (Lipinski definition) is 3. The second kappa shape index (κ2) is 10.3. The fourth-order valence-electron chi connectivity index (χ4n) is 2.53. The van der Waals surface area contributed by atoms with E-state index in [0.717, 1.165) is 0 Å². The van der Waals surface area contributed by atoms with Gasteiger partial charge in [0.15, 0.2) is 0 Å². The molecule has 0 fully saturated rings. The Morgan fingerprint density at radius 1 is 1.00 bits per heavy atom. The largest absolute Gasteiger partial charge is 0.497 e. The summed E-state index contributed by atoms with van der Waals surface area (Å²) >= 11 is 0. The highest BCUT2D eigenvalue weighted by atomic mass is 16.5. The first-order valence-corrected chi connectivity index (χ1v) is 9.13. The fraction of sp³-hybridized carbons (Fsp3) is 0.333. The van der Waals surface area contributed by atoms with Crippen LogP contribution in [-0.4, -0.2) is 38.1 Å². The molecule has 1 unspecified atom stereocenters. The van der Waals surface area contributed by atoms with Crippen molar-refractivity contribution < 1.29 is 19.1 Å². The van der Waals surface area contributed by atoms with Gasteiger partial charge in [-0.1, -0.05) is 13.8 Å². The first-order chi connectivity index (χ1) is 13.4. The van der Waals surface area contributed by atoms with Crippen LogP contribution in [0.2, 0.25) is 0 Å². The van der Waals surface area contributed by atoms with Gasteiger partial charge in [0.05, 0.1) is 7.11 Å². The van der Waals surface area contributed by atoms with E-state index in [1.807, 2.05) is 13.8 Å². The topological polar surface area (TPSA) is 103 Å². The lowest BCUT2D eigenvalue weighted by Gasteiger charge is -2.22. The number of hydrogen-bond acceptors (Lipinski definition) is 5. The number of carbonyl (C=O) groups excluding carboxylic acids is 2. The van der Waals surface area contributed by atoms with Gasteiger partial charge in [-0.3, -0.25) is 9.59 Å². The molecule has 7 heteroatoms. The van der Waals surface area contributed by atoms with E-state index in [9.17, 15) is 9.59 Å². The number of amides is 2. The molecule has 2 aromatic carbocycles. The van der Waals surface area contributed by atoms with E-state index >= 15 is 0 Å². The molecule has 0 aliphatic heterocycles. The lowest BCUT2D eigenvalue weighted by atomic mass is 10.0. The first kappa shape index (κ1) is 21.2. The number of ether oxygens (including phenoxy) is 2. The predicted molar refractivity (Wildman–Crippen MR) is 109 cm³/mol. The highest BCUT2D eigenvalue weighted by molar-refractivity contribution is 6.01. The summed E-state index contributed by atoms with van der Waals surface area (Å²) in [5.74, 6) is 0.647. The lowest BCUT2D eigenvalue weighted by molar-refractivity contribution is -0.118. The summed E-state index contributed by atoms with van der Waals surface area (Å²) in [6, 6.07) is 13.0. The molecule has 0 bridgehead atoms. The Balaban J connectivity index is 2.01. The minimum absolute atomic E-state index is 0.0886. The summed E-state index contributed by atoms with van der Waals surface area (Å²) in [5.41, 5.74) is 6.49. The van der Waals surface area contributed by atoms with Gasteiger partial charge in [0, 0.05) is 17.8 Å². The Hall–Kier alpha value is -3.06. The normalized spacial score (nSPS) is 11.6. The van der Waals surface area contributed by atoms with Crippen LogP contribution in [0.1, 0.15) is 24.2 Å². The number of nitrogens with two attached hydrogens (primary N) is 1. The lowest BCUT2D eigenvalue weighted by Crippen LogP contribution is -2.47. The average Bonchev–Trinajstić information content (AvgIpc) is 2.71. The number of benzene rings is 2. The maximum atomic E-state index is 12.7. The van der Waals surface area contributed by atoms with Crippen molar-refractivity contribution in [1.82, 2.24) is 5.32 Å². The molecule has 2 rings (SSSR count). The molecule has 0 heterocycles. The molecule has 0 saturated heterocycles. The zero-order valence-electron chi connectivity index (χ0n) is 16.4. The van der Waals surface area contributed by atoms with E-state index in [4.69, 9.17) is 15.2 Å². The molecular weight excluding hydrogens is 358 g/mol. The Bertz CT molecular complexity index is 773. The van der Waals surface area contributed by atoms with E-state index < -0.39 is 6.04 Å². The van der Waals surface area contributed by atoms with Crippen LogP contribution >= 0.6 is 0 Å². The summed E-state index contributed by atoms with van der Waals surface area (Å²) in [4.78, 5) is 25.2. The monoisotopic (exact) mass is 385 g/mol. The Morgan fingerprint density at radius 2 is 1.61 bits per heavy atom. The average molecular weight is 385 g/mol. The quantitative estimate of drug-likeness (QED) is 0.615. The summed E-state index contributed by atoms with van der Waals surface area (Å²) in [6.07, 6.45) is 0. The highest BCUT2D eigenvalue weighted by Crippen LogP contribution is 2.17. The standard InChI is InChI=1S/C21H27N3O4/c1-14(2)19(24-20(25)15-4-8-17(27-3)9-5-15)21(26)23-16-6-10-18(11-7-16)28-13-12-22/h4-11,14,19H,12-13,22H2,1-3H3,(H,23,26)(H,24,25). The van der Waals surface area contributed by atoms with Crippen LogP contribution in [0.15, 0.2) is 48.5 Å². The molecule has 28 heavy (non-hydrogen) atoms. The van der Waals surface area contributed by atoms with Crippen LogP contribution in [0.4, 0.5) is 5.69 Å². The number of rotatable bonds is 9. The summed E-state index contributed by atoms with van der Waals surface area (Å²) in [5, 5.41) is 5.63. The van der Waals surface area contributed by atoms with Crippen LogP contribution in [0, 0.1) is 5.92 Å². The van der Waals surface area contributed by atoms with Crippen LogP contribution < -0.4 is 25.8 Å². The van der Waals surface area contributed by atoms with Crippen molar-refractivity contribution in [3.8, 4) is 11.5 Å². The number of methoxy groups -OCH3 is 1. The van der Waals surface area contributed by atoms with Gasteiger partial charge in [0.25, 0.3) is 5.91 Å². The smallest absolute Gasteiger partial charge is 0.251 e. The molecule has 0 spiro atoms. The SMILES string of the molecule is COc1ccc(C(=O)NC(C(=O)Nc2ccc(OCCN)cc2)C(C)C)cc1. The van der Waals surface area contributed by atoms with Crippen LogP contribution in [0.3, 0.4) is 0 Å². The second-order valence-corrected chi connectivity index (χ2v) is 6.57. The maximum absolute atomic E-state index is 12.7. The van der Waals surface area contributed by atoms with Crippen molar-refractivity contribution in [2.45, 2.75) is 19.9 Å². The number of nitrogens with one attached hydrogen (secondary N) is 2. The molecule has 4 N–H and O–H groups in total. The minimum Gasteiger partial charge on any atom is -0.497 e. The van der Waals surface area contributed by atoms with Gasteiger partial charge in [-0.15, -0.1) is 0 Å². The summed E-state index contributed by atoms with van der Waals surface area (Å²) in [6.45, 7) is 4.62. The van der Waals surface area contributed by atoms with Gasteiger partial charge < -0.3 is 25.8 Å². The van der Waals surface area contributed by atoms with Crippen molar-refractivity contribution in [3.05, 3.63) is 54.1 Å². The molecule has 0 aliphatic rings. The van der Waals surface area contributed by atoms with Gasteiger partial charge in [-0.25, -0.2) is 0 Å². The third kappa shape index (κ3) is 5.99. The van der Waals surface area contributed by atoms with Gasteiger partial charge in [-0.05, 0) is 54.4 Å². The highest BCUT2D eigenvalue weighted by Gasteiger charge is 2.24. The van der Waals surface area contributed by atoms with Gasteiger partial charge >= 0.3 is 0 Å². The van der Waals surface area contributed by atoms with Crippen LogP contribution in [-0.2, 0) is 4.79 Å². The van der Waals surface area contributed by atoms with E-state index in [1.54, 1.807) is 55.6 Å². The Kier molecular flexibility index (Phi) is 7.83. The Labute approximate surface area is 165 Å². The second-order valence-electron chi connectivity index (χ2n) is 6.57. The van der Waals surface area contributed by atoms with Crippen molar-refractivity contribution >= 4 is 17.5 Å². The van der Waals surface area contributed by atoms with Crippen LogP contribution in [0.5, 0.6) is 11.5 Å². The van der Waals surface area contributed by atoms with E-state index in [1.165, 1.54) is 0 Å². The zero-order chi connectivity index (χ0) is 20.5. The van der Waals surface area contributed by atoms with E-state index in [2.05, 4.69) is 10.6 Å². The van der Waals surface area contributed by atoms with Crippen molar-refractivity contribution in [1.29, 1.82) is 0 Å². The number of carbonyl (C=O) groups is 2. The molecule has 2 amide bonds. The van der Waals surface area contributed by atoms with Crippen LogP contribution in [0.25, 0.3) is 0 Å². The zero-order valence-corrected chi connectivity index (χ0v) is 16.4. The molecule has 2 aromatic rings. The molecule has 0 aliphatic carbocycles. The first-order valence-electron chi connectivity index (χ1n) is 9.13. The van der Waals surface area contributed by atoms with Crippen molar-refractivity contribution in [3.63, 3.8) is 0 Å². The molecule has 150 valence electrons. The summed E-state index contributed by atoms with van der Waals surface area (Å²) in [7, 11) is 1.56. The fourth-order valence-corrected chi connectivity index (χ4v) is 2.53. The molecule has 0 saturated carbocycles. The van der Waals surface area contributed by atoms with Gasteiger partial charge in [-0.2, -0.15) is 0 Å². The maximum Gasteiger partial charge on any atom is 0.251 e. The minimum atomic E-state index is -0.678. The van der Waals surface area contributed by atoms with Gasteiger partial charge in [0.1, 0.15) is 24.1 Å². The third-order valence-electron chi connectivity index (χ3n) is 4.10. The third-order valence-corrected chi connectivity index (χ3v) is 4.10. The predicted octanol–water partition coefficient (Wildman–Crippen LogP) is 2.43. The molecular formula is C21H27N3O4. The number of anilines is 1. The van der Waals surface area contributed by atoms with Crippen molar-refractivity contribution in [2.75, 3.05) is 25.6 Å². The Morgan fingerprint density at radius 3 is 2.14 bits per heavy atom. The van der Waals surface area contributed by atoms with E-state index in [0.29, 0.717) is 35.9 Å². The van der Waals surface area contributed by atoms with Crippen molar-refractivity contribution in [2.24, 2.45) is 11.7 Å². The molecule has 7 nitrogen and oxygen atoms in total. The molecule has 1 atom stereocenters.